The largest absolute Gasteiger partial charge is 0.454 e. The van der Waals surface area contributed by atoms with Crippen molar-refractivity contribution < 1.29 is 23.9 Å². The molecule has 1 saturated carbocycles. The van der Waals surface area contributed by atoms with Gasteiger partial charge in [0.25, 0.3) is 11.8 Å². The normalized spacial score (nSPS) is 23.3. The van der Waals surface area contributed by atoms with Crippen LogP contribution >= 0.6 is 0 Å². The zero-order chi connectivity index (χ0) is 22.8. The quantitative estimate of drug-likeness (QED) is 0.534. The molecule has 1 aliphatic heterocycles. The molecule has 2 atom stereocenters. The van der Waals surface area contributed by atoms with Crippen molar-refractivity contribution in [1.29, 1.82) is 0 Å². The lowest BCUT2D eigenvalue weighted by molar-refractivity contribution is -0.150. The van der Waals surface area contributed by atoms with E-state index in [2.05, 4.69) is 10.6 Å². The summed E-state index contributed by atoms with van der Waals surface area (Å²) in [5.74, 6) is -1.43. The molecule has 1 aromatic rings. The van der Waals surface area contributed by atoms with Crippen molar-refractivity contribution >= 4 is 29.5 Å². The molecule has 0 bridgehead atoms. The Kier molecular flexibility index (Phi) is 6.67. The van der Waals surface area contributed by atoms with Gasteiger partial charge in [0, 0.05) is 5.69 Å². The molecule has 1 saturated heterocycles. The standard InChI is InChI=1S/C23H31N3O5/c1-14(2)17-10-7-8-15(3)20(17)24-18(27)13-31-19(28)12-26-21(29)23(25-22(26)30)11-6-5-9-16(23)4/h7-8,10,14,16H,5-6,9,11-13H2,1-4H3,(H,24,27)(H,25,30)/t16-,23+/m1/s1. The Morgan fingerprint density at radius 1 is 1.29 bits per heavy atom. The van der Waals surface area contributed by atoms with Crippen LogP contribution in [0.25, 0.3) is 0 Å². The summed E-state index contributed by atoms with van der Waals surface area (Å²) in [7, 11) is 0. The van der Waals surface area contributed by atoms with E-state index in [1.54, 1.807) is 0 Å². The number of rotatable bonds is 6. The molecule has 3 rings (SSSR count). The van der Waals surface area contributed by atoms with E-state index in [-0.39, 0.29) is 17.7 Å². The number of esters is 1. The van der Waals surface area contributed by atoms with Crippen molar-refractivity contribution in [2.75, 3.05) is 18.5 Å². The van der Waals surface area contributed by atoms with Crippen LogP contribution in [0.3, 0.4) is 0 Å². The Bertz CT molecular complexity index is 897. The van der Waals surface area contributed by atoms with Crippen molar-refractivity contribution in [3.63, 3.8) is 0 Å². The highest BCUT2D eigenvalue weighted by Gasteiger charge is 2.55. The van der Waals surface area contributed by atoms with Gasteiger partial charge in [-0.2, -0.15) is 0 Å². The minimum atomic E-state index is -0.926. The lowest BCUT2D eigenvalue weighted by atomic mass is 9.73. The van der Waals surface area contributed by atoms with Gasteiger partial charge < -0.3 is 15.4 Å². The smallest absolute Gasteiger partial charge is 0.326 e. The molecule has 0 aromatic heterocycles. The second kappa shape index (κ2) is 9.08. The van der Waals surface area contributed by atoms with E-state index < -0.39 is 36.6 Å². The van der Waals surface area contributed by atoms with E-state index in [9.17, 15) is 19.2 Å². The number of benzene rings is 1. The zero-order valence-corrected chi connectivity index (χ0v) is 18.6. The molecular formula is C23H31N3O5. The molecule has 8 heteroatoms. The van der Waals surface area contributed by atoms with Gasteiger partial charge in [0.05, 0.1) is 0 Å². The second-order valence-electron chi connectivity index (χ2n) is 8.84. The minimum Gasteiger partial charge on any atom is -0.454 e. The molecule has 1 aliphatic carbocycles. The van der Waals surface area contributed by atoms with E-state index in [1.807, 2.05) is 45.9 Å². The summed E-state index contributed by atoms with van der Waals surface area (Å²) in [5, 5.41) is 5.60. The SMILES string of the molecule is Cc1cccc(C(C)C)c1NC(=O)COC(=O)CN1C(=O)N[C@]2(CCCC[C@H]2C)C1=O. The van der Waals surface area contributed by atoms with E-state index in [0.29, 0.717) is 12.1 Å². The molecule has 1 heterocycles. The number of ether oxygens (including phenoxy) is 1. The number of urea groups is 1. The van der Waals surface area contributed by atoms with E-state index in [1.165, 1.54) is 0 Å². The fourth-order valence-corrected chi connectivity index (χ4v) is 4.48. The Balaban J connectivity index is 1.57. The van der Waals surface area contributed by atoms with Gasteiger partial charge in [-0.3, -0.25) is 19.3 Å². The summed E-state index contributed by atoms with van der Waals surface area (Å²) in [6.45, 7) is 6.91. The average Bonchev–Trinajstić information content (AvgIpc) is 2.95. The summed E-state index contributed by atoms with van der Waals surface area (Å²) in [6.07, 6.45) is 3.29. The minimum absolute atomic E-state index is 0.00811. The van der Waals surface area contributed by atoms with Gasteiger partial charge in [0.2, 0.25) is 0 Å². The van der Waals surface area contributed by atoms with Crippen LogP contribution in [0.5, 0.6) is 0 Å². The number of carbonyl (C=O) groups is 4. The van der Waals surface area contributed by atoms with E-state index >= 15 is 0 Å². The van der Waals surface area contributed by atoms with Crippen LogP contribution in [0.4, 0.5) is 10.5 Å². The van der Waals surface area contributed by atoms with Gasteiger partial charge >= 0.3 is 12.0 Å². The summed E-state index contributed by atoms with van der Waals surface area (Å²) in [6, 6.07) is 5.19. The first-order chi connectivity index (χ1) is 14.7. The first-order valence-electron chi connectivity index (χ1n) is 10.8. The fraction of sp³-hybridized carbons (Fsp3) is 0.565. The highest BCUT2D eigenvalue weighted by atomic mass is 16.5. The molecule has 31 heavy (non-hydrogen) atoms. The van der Waals surface area contributed by atoms with Crippen molar-refractivity contribution in [2.45, 2.75) is 64.8 Å². The van der Waals surface area contributed by atoms with Crippen LogP contribution in [0.1, 0.15) is 63.5 Å². The number of nitrogens with zero attached hydrogens (tertiary/aromatic N) is 1. The lowest BCUT2D eigenvalue weighted by Crippen LogP contribution is -2.54. The maximum absolute atomic E-state index is 12.9. The monoisotopic (exact) mass is 429 g/mol. The Morgan fingerprint density at radius 2 is 2.03 bits per heavy atom. The van der Waals surface area contributed by atoms with Crippen molar-refractivity contribution in [1.82, 2.24) is 10.2 Å². The first-order valence-corrected chi connectivity index (χ1v) is 10.8. The predicted octanol–water partition coefficient (Wildman–Crippen LogP) is 3.10. The first kappa shape index (κ1) is 22.8. The molecule has 0 radical (unpaired) electrons. The molecule has 1 aromatic carbocycles. The summed E-state index contributed by atoms with van der Waals surface area (Å²) in [4.78, 5) is 50.8. The van der Waals surface area contributed by atoms with Crippen LogP contribution in [-0.2, 0) is 19.1 Å². The molecular weight excluding hydrogens is 398 g/mol. The van der Waals surface area contributed by atoms with Crippen LogP contribution in [0.2, 0.25) is 0 Å². The lowest BCUT2D eigenvalue weighted by Gasteiger charge is -2.36. The van der Waals surface area contributed by atoms with Crippen molar-refractivity contribution in [3.8, 4) is 0 Å². The fourth-order valence-electron chi connectivity index (χ4n) is 4.48. The van der Waals surface area contributed by atoms with Gasteiger partial charge in [-0.25, -0.2) is 4.79 Å². The molecule has 168 valence electrons. The number of carbonyl (C=O) groups excluding carboxylic acids is 4. The van der Waals surface area contributed by atoms with Gasteiger partial charge in [-0.05, 0) is 42.7 Å². The average molecular weight is 430 g/mol. The highest BCUT2D eigenvalue weighted by Crippen LogP contribution is 2.38. The van der Waals surface area contributed by atoms with E-state index in [4.69, 9.17) is 4.74 Å². The zero-order valence-electron chi connectivity index (χ0n) is 18.6. The molecule has 2 fully saturated rings. The summed E-state index contributed by atoms with van der Waals surface area (Å²) in [5.41, 5.74) is 1.69. The number of hydrogen-bond acceptors (Lipinski definition) is 5. The second-order valence-corrected chi connectivity index (χ2v) is 8.84. The summed E-state index contributed by atoms with van der Waals surface area (Å²) >= 11 is 0. The molecule has 2 aliphatic rings. The van der Waals surface area contributed by atoms with Crippen LogP contribution in [-0.4, -0.2) is 47.4 Å². The molecule has 2 N–H and O–H groups in total. The number of imide groups is 1. The van der Waals surface area contributed by atoms with Crippen molar-refractivity contribution in [2.24, 2.45) is 5.92 Å². The van der Waals surface area contributed by atoms with Crippen molar-refractivity contribution in [3.05, 3.63) is 29.3 Å². The molecule has 0 unspecified atom stereocenters. The Hall–Kier alpha value is -2.90. The third-order valence-corrected chi connectivity index (χ3v) is 6.34. The maximum atomic E-state index is 12.9. The number of para-hydroxylation sites is 1. The highest BCUT2D eigenvalue weighted by molar-refractivity contribution is 6.09. The molecule has 8 nitrogen and oxygen atoms in total. The van der Waals surface area contributed by atoms with E-state index in [0.717, 1.165) is 35.3 Å². The van der Waals surface area contributed by atoms with Gasteiger partial charge in [0.15, 0.2) is 6.61 Å². The van der Waals surface area contributed by atoms with Crippen LogP contribution in [0.15, 0.2) is 18.2 Å². The van der Waals surface area contributed by atoms with Crippen LogP contribution < -0.4 is 10.6 Å². The third kappa shape index (κ3) is 4.57. The number of nitrogens with one attached hydrogen (secondary N) is 2. The van der Waals surface area contributed by atoms with Gasteiger partial charge in [-0.15, -0.1) is 0 Å². The number of hydrogen-bond donors (Lipinski definition) is 2. The Labute approximate surface area is 182 Å². The topological polar surface area (TPSA) is 105 Å². The number of amides is 4. The third-order valence-electron chi connectivity index (χ3n) is 6.34. The number of anilines is 1. The number of aryl methyl sites for hydroxylation is 1. The van der Waals surface area contributed by atoms with Gasteiger partial charge in [-0.1, -0.05) is 51.8 Å². The maximum Gasteiger partial charge on any atom is 0.326 e. The molecule has 1 spiro atoms. The predicted molar refractivity (Wildman–Crippen MR) is 115 cm³/mol. The summed E-state index contributed by atoms with van der Waals surface area (Å²) < 4.78 is 5.05. The Morgan fingerprint density at radius 3 is 2.71 bits per heavy atom. The van der Waals surface area contributed by atoms with Crippen LogP contribution in [0, 0.1) is 12.8 Å². The van der Waals surface area contributed by atoms with Gasteiger partial charge in [0.1, 0.15) is 12.1 Å². The molecule has 4 amide bonds.